The number of para-hydroxylation sites is 1. The Bertz CT molecular complexity index is 1050. The number of nitro groups is 1. The Kier molecular flexibility index (Phi) is 4.57. The minimum absolute atomic E-state index is 0.121. The summed E-state index contributed by atoms with van der Waals surface area (Å²) in [7, 11) is 0. The summed E-state index contributed by atoms with van der Waals surface area (Å²) in [5.74, 6) is -0.633. The van der Waals surface area contributed by atoms with E-state index in [9.17, 15) is 20.0 Å². The zero-order valence-electron chi connectivity index (χ0n) is 13.7. The summed E-state index contributed by atoms with van der Waals surface area (Å²) in [5.41, 5.74) is 4.09. The Balaban J connectivity index is 1.85. The first-order valence-electron chi connectivity index (χ1n) is 7.63. The van der Waals surface area contributed by atoms with Gasteiger partial charge in [-0.15, -0.1) is 0 Å². The van der Waals surface area contributed by atoms with Crippen LogP contribution < -0.4 is 5.43 Å². The molecule has 0 aliphatic rings. The molecule has 0 unspecified atom stereocenters. The molecule has 2 aromatic carbocycles. The van der Waals surface area contributed by atoms with Crippen LogP contribution in [0.1, 0.15) is 21.6 Å². The number of phenolic OH excluding ortho intramolecular Hbond substituents is 1. The van der Waals surface area contributed by atoms with E-state index in [1.54, 1.807) is 25.1 Å². The quantitative estimate of drug-likeness (QED) is 0.426. The number of amides is 1. The summed E-state index contributed by atoms with van der Waals surface area (Å²) < 4.78 is 0. The second-order valence-corrected chi connectivity index (χ2v) is 5.53. The third kappa shape index (κ3) is 3.48. The second kappa shape index (κ2) is 6.98. The Morgan fingerprint density at radius 3 is 2.81 bits per heavy atom. The number of hydrogen-bond donors (Lipinski definition) is 2. The van der Waals surface area contributed by atoms with Gasteiger partial charge in [0, 0.05) is 28.8 Å². The van der Waals surface area contributed by atoms with E-state index >= 15 is 0 Å². The van der Waals surface area contributed by atoms with Gasteiger partial charge in [0.05, 0.1) is 22.2 Å². The minimum atomic E-state index is -0.582. The Hall–Kier alpha value is -3.81. The number of nitrogens with zero attached hydrogens (tertiary/aromatic N) is 3. The zero-order chi connectivity index (χ0) is 18.7. The highest BCUT2D eigenvalue weighted by Crippen LogP contribution is 2.21. The number of aromatic nitrogens is 1. The van der Waals surface area contributed by atoms with Gasteiger partial charge in [0.1, 0.15) is 5.75 Å². The first-order valence-corrected chi connectivity index (χ1v) is 7.63. The summed E-state index contributed by atoms with van der Waals surface area (Å²) in [6.45, 7) is 1.79. The summed E-state index contributed by atoms with van der Waals surface area (Å²) >= 11 is 0. The Labute approximate surface area is 148 Å². The molecule has 3 aromatic rings. The van der Waals surface area contributed by atoms with Crippen LogP contribution in [0.25, 0.3) is 10.9 Å². The maximum absolute atomic E-state index is 12.4. The maximum atomic E-state index is 12.4. The lowest BCUT2D eigenvalue weighted by Crippen LogP contribution is -2.18. The van der Waals surface area contributed by atoms with Crippen LogP contribution >= 0.6 is 0 Å². The van der Waals surface area contributed by atoms with Gasteiger partial charge in [0.15, 0.2) is 0 Å². The molecule has 0 bridgehead atoms. The standard InChI is InChI=1S/C18H14N4O4/c1-11-8-15(14-4-2-3-5-16(14)20-11)18(24)21-19-10-12-9-13(22(25)26)6-7-17(12)23/h2-10,23H,1H3,(H,21,24). The molecule has 130 valence electrons. The number of phenols is 1. The third-order valence-electron chi connectivity index (χ3n) is 3.68. The molecule has 0 atom stereocenters. The highest BCUT2D eigenvalue weighted by atomic mass is 16.6. The van der Waals surface area contributed by atoms with Gasteiger partial charge in [0.2, 0.25) is 0 Å². The number of nitrogens with one attached hydrogen (secondary N) is 1. The van der Waals surface area contributed by atoms with Crippen molar-refractivity contribution in [1.82, 2.24) is 10.4 Å². The third-order valence-corrected chi connectivity index (χ3v) is 3.68. The molecule has 0 radical (unpaired) electrons. The molecule has 8 heteroatoms. The number of carbonyl (C=O) groups is 1. The monoisotopic (exact) mass is 350 g/mol. The predicted molar refractivity (Wildman–Crippen MR) is 96.3 cm³/mol. The molecule has 0 saturated heterocycles. The van der Waals surface area contributed by atoms with Gasteiger partial charge in [-0.25, -0.2) is 5.43 Å². The average Bonchev–Trinajstić information content (AvgIpc) is 2.62. The normalized spacial score (nSPS) is 11.0. The van der Waals surface area contributed by atoms with Crippen LogP contribution in [0.15, 0.2) is 53.6 Å². The molecule has 8 nitrogen and oxygen atoms in total. The van der Waals surface area contributed by atoms with Crippen LogP contribution in [-0.2, 0) is 0 Å². The van der Waals surface area contributed by atoms with Crippen molar-refractivity contribution in [2.45, 2.75) is 6.92 Å². The molecule has 1 amide bonds. The first-order chi connectivity index (χ1) is 12.5. The number of non-ortho nitro benzene ring substituents is 1. The van der Waals surface area contributed by atoms with Crippen LogP contribution in [0.4, 0.5) is 5.69 Å². The van der Waals surface area contributed by atoms with Crippen molar-refractivity contribution in [3.63, 3.8) is 0 Å². The molecule has 3 rings (SSSR count). The summed E-state index contributed by atoms with van der Waals surface area (Å²) in [4.78, 5) is 27.0. The van der Waals surface area contributed by atoms with Gasteiger partial charge in [0.25, 0.3) is 11.6 Å². The van der Waals surface area contributed by atoms with E-state index in [1.165, 1.54) is 12.1 Å². The minimum Gasteiger partial charge on any atom is -0.507 e. The van der Waals surface area contributed by atoms with E-state index in [0.717, 1.165) is 12.3 Å². The van der Waals surface area contributed by atoms with Crippen molar-refractivity contribution in [3.8, 4) is 5.75 Å². The van der Waals surface area contributed by atoms with Crippen LogP contribution in [0.2, 0.25) is 0 Å². The van der Waals surface area contributed by atoms with E-state index in [1.807, 2.05) is 12.1 Å². The predicted octanol–water partition coefficient (Wildman–Crippen LogP) is 2.92. The van der Waals surface area contributed by atoms with Crippen molar-refractivity contribution in [2.75, 3.05) is 0 Å². The van der Waals surface area contributed by atoms with Crippen molar-refractivity contribution in [3.05, 3.63) is 75.5 Å². The molecular weight excluding hydrogens is 336 g/mol. The summed E-state index contributed by atoms with van der Waals surface area (Å²) in [5, 5.41) is 25.0. The van der Waals surface area contributed by atoms with Crippen molar-refractivity contribution < 1.29 is 14.8 Å². The van der Waals surface area contributed by atoms with E-state index < -0.39 is 10.8 Å². The lowest BCUT2D eigenvalue weighted by Gasteiger charge is -2.06. The molecule has 26 heavy (non-hydrogen) atoms. The molecule has 1 heterocycles. The van der Waals surface area contributed by atoms with Gasteiger partial charge in [-0.3, -0.25) is 19.9 Å². The smallest absolute Gasteiger partial charge is 0.272 e. The summed E-state index contributed by atoms with van der Waals surface area (Å²) in [6, 6.07) is 12.4. The number of aryl methyl sites for hydroxylation is 1. The maximum Gasteiger partial charge on any atom is 0.272 e. The molecule has 1 aromatic heterocycles. The fourth-order valence-electron chi connectivity index (χ4n) is 2.48. The van der Waals surface area contributed by atoms with Gasteiger partial charge in [-0.05, 0) is 25.1 Å². The Morgan fingerprint density at radius 2 is 2.04 bits per heavy atom. The molecule has 0 aliphatic heterocycles. The zero-order valence-corrected chi connectivity index (χ0v) is 13.7. The van der Waals surface area contributed by atoms with Crippen molar-refractivity contribution >= 4 is 28.7 Å². The molecule has 0 fully saturated rings. The lowest BCUT2D eigenvalue weighted by atomic mass is 10.1. The topological polar surface area (TPSA) is 118 Å². The number of hydrazone groups is 1. The van der Waals surface area contributed by atoms with Gasteiger partial charge >= 0.3 is 0 Å². The summed E-state index contributed by atoms with van der Waals surface area (Å²) in [6.07, 6.45) is 1.15. The van der Waals surface area contributed by atoms with E-state index in [2.05, 4.69) is 15.5 Å². The molecular formula is C18H14N4O4. The fraction of sp³-hybridized carbons (Fsp3) is 0.0556. The first kappa shape index (κ1) is 17.0. The van der Waals surface area contributed by atoms with Gasteiger partial charge in [-0.2, -0.15) is 5.10 Å². The van der Waals surface area contributed by atoms with Crippen molar-refractivity contribution in [1.29, 1.82) is 0 Å². The molecule has 0 saturated carbocycles. The number of aromatic hydroxyl groups is 1. The van der Waals surface area contributed by atoms with Crippen LogP contribution in [-0.4, -0.2) is 27.1 Å². The largest absolute Gasteiger partial charge is 0.507 e. The SMILES string of the molecule is Cc1cc(C(=O)NN=Cc2cc([N+](=O)[O-])ccc2O)c2ccccc2n1. The number of pyridine rings is 1. The van der Waals surface area contributed by atoms with Crippen LogP contribution in [0, 0.1) is 17.0 Å². The Morgan fingerprint density at radius 1 is 1.27 bits per heavy atom. The number of benzene rings is 2. The number of nitro benzene ring substituents is 1. The molecule has 0 aliphatic carbocycles. The second-order valence-electron chi connectivity index (χ2n) is 5.53. The number of fused-ring (bicyclic) bond motifs is 1. The van der Waals surface area contributed by atoms with Crippen LogP contribution in [0.5, 0.6) is 5.75 Å². The highest BCUT2D eigenvalue weighted by Gasteiger charge is 2.12. The molecule has 2 N–H and O–H groups in total. The van der Waals surface area contributed by atoms with Gasteiger partial charge in [-0.1, -0.05) is 18.2 Å². The number of carbonyl (C=O) groups excluding carboxylic acids is 1. The van der Waals surface area contributed by atoms with Gasteiger partial charge < -0.3 is 5.11 Å². The average molecular weight is 350 g/mol. The lowest BCUT2D eigenvalue weighted by molar-refractivity contribution is -0.384. The van der Waals surface area contributed by atoms with Crippen LogP contribution in [0.3, 0.4) is 0 Å². The van der Waals surface area contributed by atoms with E-state index in [4.69, 9.17) is 0 Å². The van der Waals surface area contributed by atoms with E-state index in [0.29, 0.717) is 22.2 Å². The molecule has 0 spiro atoms. The van der Waals surface area contributed by atoms with E-state index in [-0.39, 0.29) is 17.0 Å². The highest BCUT2D eigenvalue weighted by molar-refractivity contribution is 6.06. The van der Waals surface area contributed by atoms with Crippen molar-refractivity contribution in [2.24, 2.45) is 5.10 Å². The fourth-order valence-corrected chi connectivity index (χ4v) is 2.48. The number of hydrogen-bond acceptors (Lipinski definition) is 6. The number of rotatable bonds is 4.